The van der Waals surface area contributed by atoms with Gasteiger partial charge in [0.15, 0.2) is 17.5 Å². The lowest BCUT2D eigenvalue weighted by Gasteiger charge is -2.09. The quantitative estimate of drug-likeness (QED) is 0.195. The minimum atomic E-state index is 0.579. The van der Waals surface area contributed by atoms with Gasteiger partial charge in [-0.15, -0.1) is 10.2 Å². The summed E-state index contributed by atoms with van der Waals surface area (Å²) in [6.45, 7) is 0. The third-order valence-electron chi connectivity index (χ3n) is 8.47. The highest BCUT2D eigenvalue weighted by atomic mass is 16.3. The molecule has 0 radical (unpaired) electrons. The number of rotatable bonds is 5. The lowest BCUT2D eigenvalue weighted by Crippen LogP contribution is -2.00. The average molecular weight is 604 g/mol. The first-order valence-electron chi connectivity index (χ1n) is 15.4. The second-order valence-corrected chi connectivity index (χ2v) is 11.3. The van der Waals surface area contributed by atoms with Crippen molar-refractivity contribution in [2.24, 2.45) is 0 Å². The number of furan rings is 1. The highest BCUT2D eigenvalue weighted by Gasteiger charge is 2.20. The summed E-state index contributed by atoms with van der Waals surface area (Å²) in [4.78, 5) is 14.8. The number of benzene rings is 6. The molecule has 6 nitrogen and oxygen atoms in total. The fraction of sp³-hybridized carbons (Fsp3) is 0. The van der Waals surface area contributed by atoms with Gasteiger partial charge in [0.25, 0.3) is 0 Å². The van der Waals surface area contributed by atoms with Crippen molar-refractivity contribution >= 4 is 32.7 Å². The van der Waals surface area contributed by atoms with Crippen LogP contribution in [-0.2, 0) is 0 Å². The topological polar surface area (TPSA) is 77.6 Å². The van der Waals surface area contributed by atoms with Gasteiger partial charge in [-0.2, -0.15) is 0 Å². The molecular formula is C41H25N5O. The average Bonchev–Trinajstić information content (AvgIpc) is 3.55. The second kappa shape index (κ2) is 11.1. The Labute approximate surface area is 270 Å². The Morgan fingerprint density at radius 1 is 0.383 bits per heavy atom. The van der Waals surface area contributed by atoms with Gasteiger partial charge in [0.2, 0.25) is 0 Å². The summed E-state index contributed by atoms with van der Waals surface area (Å²) in [5.74, 6) is 1.80. The third kappa shape index (κ3) is 4.71. The lowest BCUT2D eigenvalue weighted by molar-refractivity contribution is 0.669. The van der Waals surface area contributed by atoms with Crippen LogP contribution in [-0.4, -0.2) is 25.1 Å². The molecule has 0 unspecified atom stereocenters. The molecule has 6 heteroatoms. The van der Waals surface area contributed by atoms with E-state index in [0.717, 1.165) is 66.5 Å². The number of nitrogens with zero attached hydrogens (tertiary/aromatic N) is 5. The third-order valence-corrected chi connectivity index (χ3v) is 8.47. The molecule has 3 aromatic heterocycles. The van der Waals surface area contributed by atoms with Crippen LogP contribution in [0.5, 0.6) is 0 Å². The summed E-state index contributed by atoms with van der Waals surface area (Å²) in [7, 11) is 0. The van der Waals surface area contributed by atoms with E-state index < -0.39 is 0 Å². The first-order chi connectivity index (χ1) is 23.3. The molecule has 0 aliphatic heterocycles. The first-order valence-corrected chi connectivity index (χ1v) is 15.4. The maximum Gasteiger partial charge on any atom is 0.164 e. The number of para-hydroxylation sites is 1. The minimum absolute atomic E-state index is 0.579. The first kappa shape index (κ1) is 26.8. The lowest BCUT2D eigenvalue weighted by atomic mass is 10.0. The summed E-state index contributed by atoms with van der Waals surface area (Å²) in [5, 5.41) is 13.6. The Morgan fingerprint density at radius 2 is 0.915 bits per heavy atom. The number of hydrogen-bond acceptors (Lipinski definition) is 6. The van der Waals surface area contributed by atoms with Crippen LogP contribution in [0.15, 0.2) is 156 Å². The molecule has 6 aromatic carbocycles. The number of hydrogen-bond donors (Lipinski definition) is 0. The standard InChI is InChI=1S/C41H25N5O/c1-3-13-27(14-4-1)39-42-40(28-15-5-2-6-16-28)44-41(43-39)33-22-11-23-36-37(33)32-21-10-20-31(38(32)47-36)35-25-24-34(45-46-35)30-19-9-17-26-12-7-8-18-29(26)30/h1-25H. The maximum atomic E-state index is 6.56. The van der Waals surface area contributed by atoms with Crippen molar-refractivity contribution in [3.05, 3.63) is 152 Å². The molecule has 9 rings (SSSR count). The Hall–Kier alpha value is -6.53. The predicted molar refractivity (Wildman–Crippen MR) is 187 cm³/mol. The van der Waals surface area contributed by atoms with Crippen LogP contribution < -0.4 is 0 Å². The van der Waals surface area contributed by atoms with E-state index in [4.69, 9.17) is 19.4 Å². The van der Waals surface area contributed by atoms with E-state index in [1.165, 1.54) is 5.39 Å². The van der Waals surface area contributed by atoms with E-state index in [-0.39, 0.29) is 0 Å². The second-order valence-electron chi connectivity index (χ2n) is 11.3. The Morgan fingerprint density at radius 3 is 1.64 bits per heavy atom. The van der Waals surface area contributed by atoms with Crippen LogP contribution in [0.3, 0.4) is 0 Å². The minimum Gasteiger partial charge on any atom is -0.455 e. The molecular weight excluding hydrogens is 578 g/mol. The molecule has 0 aliphatic rings. The van der Waals surface area contributed by atoms with Crippen molar-refractivity contribution in [3.63, 3.8) is 0 Å². The van der Waals surface area contributed by atoms with Crippen LogP contribution in [0.4, 0.5) is 0 Å². The van der Waals surface area contributed by atoms with Gasteiger partial charge in [0.05, 0.1) is 11.4 Å². The fourth-order valence-corrected chi connectivity index (χ4v) is 6.23. The van der Waals surface area contributed by atoms with E-state index in [2.05, 4.69) is 46.6 Å². The summed E-state index contributed by atoms with van der Waals surface area (Å²) in [6.07, 6.45) is 0. The van der Waals surface area contributed by atoms with Crippen molar-refractivity contribution in [2.45, 2.75) is 0 Å². The Bertz CT molecular complexity index is 2500. The van der Waals surface area contributed by atoms with E-state index >= 15 is 0 Å². The fourth-order valence-electron chi connectivity index (χ4n) is 6.23. The molecule has 9 aromatic rings. The van der Waals surface area contributed by atoms with Gasteiger partial charge in [-0.3, -0.25) is 0 Å². The van der Waals surface area contributed by atoms with E-state index in [9.17, 15) is 0 Å². The van der Waals surface area contributed by atoms with Crippen LogP contribution in [0, 0.1) is 0 Å². The van der Waals surface area contributed by atoms with Crippen LogP contribution >= 0.6 is 0 Å². The van der Waals surface area contributed by atoms with Crippen molar-refractivity contribution < 1.29 is 4.42 Å². The molecule has 0 bridgehead atoms. The van der Waals surface area contributed by atoms with Gasteiger partial charge in [-0.1, -0.05) is 127 Å². The molecule has 0 aliphatic carbocycles. The Balaban J connectivity index is 1.19. The van der Waals surface area contributed by atoms with Gasteiger partial charge < -0.3 is 4.42 Å². The molecule has 0 fully saturated rings. The zero-order valence-corrected chi connectivity index (χ0v) is 25.1. The maximum absolute atomic E-state index is 6.56. The van der Waals surface area contributed by atoms with Gasteiger partial charge in [0, 0.05) is 38.6 Å². The number of aromatic nitrogens is 5. The van der Waals surface area contributed by atoms with Crippen molar-refractivity contribution in [1.29, 1.82) is 0 Å². The van der Waals surface area contributed by atoms with E-state index in [1.54, 1.807) is 0 Å². The molecule has 0 saturated carbocycles. The van der Waals surface area contributed by atoms with Crippen LogP contribution in [0.25, 0.3) is 89.4 Å². The summed E-state index contributed by atoms with van der Waals surface area (Å²) >= 11 is 0. The van der Waals surface area contributed by atoms with Gasteiger partial charge in [0.1, 0.15) is 11.2 Å². The SMILES string of the molecule is c1ccc(-c2nc(-c3ccccc3)nc(-c3cccc4oc5c(-c6ccc(-c7cccc8ccccc78)nn6)cccc5c34)n2)cc1. The molecule has 0 spiro atoms. The zero-order chi connectivity index (χ0) is 31.2. The molecule has 0 N–H and O–H groups in total. The predicted octanol–water partition coefficient (Wildman–Crippen LogP) is 10.0. The molecule has 3 heterocycles. The molecule has 0 atom stereocenters. The summed E-state index contributed by atoms with van der Waals surface area (Å²) in [6, 6.07) is 50.7. The molecule has 220 valence electrons. The van der Waals surface area contributed by atoms with E-state index in [0.29, 0.717) is 17.5 Å². The highest BCUT2D eigenvalue weighted by Crippen LogP contribution is 2.40. The van der Waals surface area contributed by atoms with Crippen molar-refractivity contribution in [3.8, 4) is 56.7 Å². The molecule has 0 saturated heterocycles. The highest BCUT2D eigenvalue weighted by molar-refractivity contribution is 6.14. The summed E-state index contributed by atoms with van der Waals surface area (Å²) in [5.41, 5.74) is 7.67. The van der Waals surface area contributed by atoms with Crippen molar-refractivity contribution in [2.75, 3.05) is 0 Å². The van der Waals surface area contributed by atoms with Crippen LogP contribution in [0.1, 0.15) is 0 Å². The Kier molecular flexibility index (Phi) is 6.35. The smallest absolute Gasteiger partial charge is 0.164 e. The monoisotopic (exact) mass is 603 g/mol. The van der Waals surface area contributed by atoms with Gasteiger partial charge in [-0.05, 0) is 35.0 Å². The van der Waals surface area contributed by atoms with Crippen LogP contribution in [0.2, 0.25) is 0 Å². The van der Waals surface area contributed by atoms with Gasteiger partial charge in [-0.25, -0.2) is 15.0 Å². The normalized spacial score (nSPS) is 11.4. The van der Waals surface area contributed by atoms with E-state index in [1.807, 2.05) is 115 Å². The number of fused-ring (bicyclic) bond motifs is 4. The molecule has 0 amide bonds. The largest absolute Gasteiger partial charge is 0.455 e. The molecule has 47 heavy (non-hydrogen) atoms. The van der Waals surface area contributed by atoms with Gasteiger partial charge >= 0.3 is 0 Å². The van der Waals surface area contributed by atoms with Crippen molar-refractivity contribution in [1.82, 2.24) is 25.1 Å². The zero-order valence-electron chi connectivity index (χ0n) is 25.1. The summed E-state index contributed by atoms with van der Waals surface area (Å²) < 4.78 is 6.56.